The van der Waals surface area contributed by atoms with Gasteiger partial charge in [-0.1, -0.05) is 0 Å². The summed E-state index contributed by atoms with van der Waals surface area (Å²) >= 11 is 0. The van der Waals surface area contributed by atoms with Crippen molar-refractivity contribution in [2.24, 2.45) is 5.92 Å². The number of hydrogen-bond acceptors (Lipinski definition) is 5. The minimum absolute atomic E-state index is 0.00576. The highest BCUT2D eigenvalue weighted by atomic mass is 32.2. The zero-order valence-corrected chi connectivity index (χ0v) is 15.9. The van der Waals surface area contributed by atoms with E-state index < -0.39 is 10.0 Å². The molecule has 2 saturated heterocycles. The van der Waals surface area contributed by atoms with Gasteiger partial charge in [-0.2, -0.15) is 0 Å². The molecule has 1 unspecified atom stereocenters. The average molecular weight is 375 g/mol. The zero-order valence-electron chi connectivity index (χ0n) is 15.1. The number of sulfonamides is 1. The summed E-state index contributed by atoms with van der Waals surface area (Å²) < 4.78 is 30.3. The predicted molar refractivity (Wildman–Crippen MR) is 93.5 cm³/mol. The molecule has 2 rings (SSSR count). The molecule has 0 aliphatic carbocycles. The lowest BCUT2D eigenvalue weighted by Crippen LogP contribution is -2.51. The van der Waals surface area contributed by atoms with Crippen LogP contribution < -0.4 is 5.32 Å². The number of hydrogen-bond donors (Lipinski definition) is 1. The minimum Gasteiger partial charge on any atom is -0.450 e. The fourth-order valence-electron chi connectivity index (χ4n) is 3.35. The van der Waals surface area contributed by atoms with E-state index in [2.05, 4.69) is 5.32 Å². The van der Waals surface area contributed by atoms with E-state index in [1.54, 1.807) is 18.7 Å². The van der Waals surface area contributed by atoms with Crippen molar-refractivity contribution in [2.75, 3.05) is 38.5 Å². The molecule has 2 aliphatic heterocycles. The molecule has 2 fully saturated rings. The first-order valence-electron chi connectivity index (χ1n) is 9.07. The SMILES string of the molecule is CCOC(=O)N1CCCC(C(=O)NC2CCN(S(=O)(=O)CC)CC2)C1. The second-order valence-corrected chi connectivity index (χ2v) is 8.82. The smallest absolute Gasteiger partial charge is 0.409 e. The van der Waals surface area contributed by atoms with Gasteiger partial charge >= 0.3 is 6.09 Å². The molecule has 2 amide bonds. The summed E-state index contributed by atoms with van der Waals surface area (Å²) in [5, 5.41) is 3.03. The molecule has 0 saturated carbocycles. The van der Waals surface area contributed by atoms with Gasteiger partial charge in [-0.05, 0) is 39.5 Å². The van der Waals surface area contributed by atoms with Crippen LogP contribution in [-0.2, 0) is 19.6 Å². The van der Waals surface area contributed by atoms with E-state index in [1.807, 2.05) is 0 Å². The lowest BCUT2D eigenvalue weighted by atomic mass is 9.96. The normalized spacial score (nSPS) is 23.3. The van der Waals surface area contributed by atoms with E-state index in [4.69, 9.17) is 4.74 Å². The Labute approximate surface area is 149 Å². The number of piperidine rings is 2. The van der Waals surface area contributed by atoms with Crippen LogP contribution in [0.3, 0.4) is 0 Å². The van der Waals surface area contributed by atoms with Crippen LogP contribution in [0.1, 0.15) is 39.5 Å². The van der Waals surface area contributed by atoms with Gasteiger partial charge in [0.2, 0.25) is 15.9 Å². The van der Waals surface area contributed by atoms with Crippen LogP contribution in [0, 0.1) is 5.92 Å². The van der Waals surface area contributed by atoms with Crippen molar-refractivity contribution in [1.29, 1.82) is 0 Å². The third-order valence-corrected chi connectivity index (χ3v) is 6.76. The van der Waals surface area contributed by atoms with Crippen LogP contribution >= 0.6 is 0 Å². The molecule has 0 aromatic carbocycles. The molecule has 1 N–H and O–H groups in total. The Morgan fingerprint density at radius 3 is 2.40 bits per heavy atom. The first kappa shape index (κ1) is 20.0. The van der Waals surface area contributed by atoms with Gasteiger partial charge < -0.3 is 15.0 Å². The summed E-state index contributed by atoms with van der Waals surface area (Å²) in [7, 11) is -3.15. The Morgan fingerprint density at radius 1 is 1.12 bits per heavy atom. The van der Waals surface area contributed by atoms with Crippen LogP contribution in [0.4, 0.5) is 4.79 Å². The van der Waals surface area contributed by atoms with Crippen molar-refractivity contribution in [3.05, 3.63) is 0 Å². The molecule has 144 valence electrons. The molecule has 0 aromatic rings. The van der Waals surface area contributed by atoms with Gasteiger partial charge in [-0.15, -0.1) is 0 Å². The van der Waals surface area contributed by atoms with Crippen LogP contribution in [0.5, 0.6) is 0 Å². The molecule has 9 heteroatoms. The van der Waals surface area contributed by atoms with Crippen molar-refractivity contribution >= 4 is 22.0 Å². The molecule has 2 aliphatic rings. The van der Waals surface area contributed by atoms with Crippen molar-refractivity contribution in [2.45, 2.75) is 45.6 Å². The standard InChI is InChI=1S/C16H29N3O5S/c1-3-24-16(21)18-9-5-6-13(12-18)15(20)17-14-7-10-19(11-8-14)25(22,23)4-2/h13-14H,3-12H2,1-2H3,(H,17,20). The first-order valence-corrected chi connectivity index (χ1v) is 10.7. The van der Waals surface area contributed by atoms with E-state index in [-0.39, 0.29) is 29.7 Å². The maximum atomic E-state index is 12.5. The Bertz CT molecular complexity index is 572. The van der Waals surface area contributed by atoms with Crippen LogP contribution in [0.25, 0.3) is 0 Å². The summed E-state index contributed by atoms with van der Waals surface area (Å²) in [6.45, 7) is 5.62. The number of carbonyl (C=O) groups excluding carboxylic acids is 2. The summed E-state index contributed by atoms with van der Waals surface area (Å²) in [5.41, 5.74) is 0. The molecular weight excluding hydrogens is 346 g/mol. The van der Waals surface area contributed by atoms with Crippen molar-refractivity contribution in [3.63, 3.8) is 0 Å². The largest absolute Gasteiger partial charge is 0.450 e. The van der Waals surface area contributed by atoms with Gasteiger partial charge in [-0.3, -0.25) is 4.79 Å². The molecule has 2 heterocycles. The number of nitrogens with one attached hydrogen (secondary N) is 1. The van der Waals surface area contributed by atoms with Crippen molar-refractivity contribution < 1.29 is 22.7 Å². The average Bonchev–Trinajstić information content (AvgIpc) is 2.62. The third kappa shape index (κ3) is 5.31. The molecular formula is C16H29N3O5S. The van der Waals surface area contributed by atoms with Crippen LogP contribution in [-0.4, -0.2) is 74.2 Å². The van der Waals surface area contributed by atoms with E-state index >= 15 is 0 Å². The van der Waals surface area contributed by atoms with Crippen molar-refractivity contribution in [1.82, 2.24) is 14.5 Å². The summed E-state index contributed by atoms with van der Waals surface area (Å²) in [5.74, 6) is -0.170. The van der Waals surface area contributed by atoms with E-state index in [0.29, 0.717) is 45.6 Å². The van der Waals surface area contributed by atoms with Gasteiger partial charge in [-0.25, -0.2) is 17.5 Å². The molecule has 8 nitrogen and oxygen atoms in total. The van der Waals surface area contributed by atoms with Gasteiger partial charge in [0, 0.05) is 32.2 Å². The van der Waals surface area contributed by atoms with Gasteiger partial charge in [0.05, 0.1) is 18.3 Å². The Balaban J connectivity index is 1.81. The highest BCUT2D eigenvalue weighted by Crippen LogP contribution is 2.19. The topological polar surface area (TPSA) is 96.0 Å². The van der Waals surface area contributed by atoms with Crippen LogP contribution in [0.2, 0.25) is 0 Å². The Morgan fingerprint density at radius 2 is 1.80 bits per heavy atom. The third-order valence-electron chi connectivity index (χ3n) is 4.88. The number of likely N-dealkylation sites (tertiary alicyclic amines) is 1. The summed E-state index contributed by atoms with van der Waals surface area (Å²) in [6, 6.07) is -0.00576. The summed E-state index contributed by atoms with van der Waals surface area (Å²) in [4.78, 5) is 25.9. The lowest BCUT2D eigenvalue weighted by molar-refractivity contribution is -0.127. The fourth-order valence-corrected chi connectivity index (χ4v) is 4.48. The molecule has 0 radical (unpaired) electrons. The molecule has 0 spiro atoms. The molecule has 1 atom stereocenters. The monoisotopic (exact) mass is 375 g/mol. The second-order valence-electron chi connectivity index (χ2n) is 6.57. The van der Waals surface area contributed by atoms with Gasteiger partial charge in [0.25, 0.3) is 0 Å². The number of carbonyl (C=O) groups is 2. The van der Waals surface area contributed by atoms with E-state index in [0.717, 1.165) is 12.8 Å². The lowest BCUT2D eigenvalue weighted by Gasteiger charge is -2.34. The predicted octanol–water partition coefficient (Wildman–Crippen LogP) is 0.785. The first-order chi connectivity index (χ1) is 11.9. The number of ether oxygens (including phenoxy) is 1. The highest BCUT2D eigenvalue weighted by molar-refractivity contribution is 7.89. The zero-order chi connectivity index (χ0) is 18.4. The molecule has 25 heavy (non-hydrogen) atoms. The van der Waals surface area contributed by atoms with Crippen LogP contribution in [0.15, 0.2) is 0 Å². The maximum Gasteiger partial charge on any atom is 0.409 e. The number of amides is 2. The van der Waals surface area contributed by atoms with Gasteiger partial charge in [0.15, 0.2) is 0 Å². The minimum atomic E-state index is -3.15. The second kappa shape index (κ2) is 8.84. The van der Waals surface area contributed by atoms with E-state index in [9.17, 15) is 18.0 Å². The Kier molecular flexibility index (Phi) is 7.06. The Hall–Kier alpha value is -1.35. The fraction of sp³-hybridized carbons (Fsp3) is 0.875. The number of rotatable bonds is 5. The molecule has 0 aromatic heterocycles. The summed E-state index contributed by atoms with van der Waals surface area (Å²) in [6.07, 6.45) is 2.42. The quantitative estimate of drug-likeness (QED) is 0.766. The van der Waals surface area contributed by atoms with E-state index in [1.165, 1.54) is 4.31 Å². The number of nitrogens with zero attached hydrogens (tertiary/aromatic N) is 2. The van der Waals surface area contributed by atoms with Crippen molar-refractivity contribution in [3.8, 4) is 0 Å². The maximum absolute atomic E-state index is 12.5. The van der Waals surface area contributed by atoms with Gasteiger partial charge in [0.1, 0.15) is 0 Å². The highest BCUT2D eigenvalue weighted by Gasteiger charge is 2.32. The molecule has 0 bridgehead atoms.